The molecule has 3 heteroatoms. The van der Waals surface area contributed by atoms with Crippen molar-refractivity contribution in [1.82, 2.24) is 0 Å². The van der Waals surface area contributed by atoms with Crippen LogP contribution in [0.4, 0.5) is 0 Å². The van der Waals surface area contributed by atoms with E-state index in [9.17, 15) is 0 Å². The van der Waals surface area contributed by atoms with E-state index in [-0.39, 0.29) is 22.3 Å². The topological polar surface area (TPSA) is 0 Å². The van der Waals surface area contributed by atoms with Gasteiger partial charge in [-0.05, 0) is 70.8 Å². The van der Waals surface area contributed by atoms with Gasteiger partial charge in [-0.1, -0.05) is 96.0 Å². The van der Waals surface area contributed by atoms with Gasteiger partial charge in [0.25, 0.3) is 0 Å². The van der Waals surface area contributed by atoms with Gasteiger partial charge in [-0.25, -0.2) is 0 Å². The van der Waals surface area contributed by atoms with E-state index in [0.29, 0.717) is 0 Å². The van der Waals surface area contributed by atoms with Crippen LogP contribution in [0.1, 0.15) is 52.9 Å². The highest BCUT2D eigenvalue weighted by atomic mass is 32.1. The summed E-state index contributed by atoms with van der Waals surface area (Å²) >= 11 is 3.88. The lowest BCUT2D eigenvalue weighted by Gasteiger charge is -2.24. The second-order valence-electron chi connectivity index (χ2n) is 8.68. The minimum atomic E-state index is -1.97. The van der Waals surface area contributed by atoms with E-state index in [4.69, 9.17) is 0 Å². The largest absolute Gasteiger partial charge is 0.141 e. The molecule has 0 N–H and O–H groups in total. The monoisotopic (exact) mass is 502 g/mol. The van der Waals surface area contributed by atoms with Crippen LogP contribution in [0.3, 0.4) is 0 Å². The Balaban J connectivity index is 0.00000136. The quantitative estimate of drug-likeness (QED) is 0.243. The van der Waals surface area contributed by atoms with Crippen LogP contribution in [0.5, 0.6) is 0 Å². The van der Waals surface area contributed by atoms with E-state index >= 15 is 0 Å². The molecule has 0 radical (unpaired) electrons. The summed E-state index contributed by atoms with van der Waals surface area (Å²) in [6, 6.07) is 31.3. The van der Waals surface area contributed by atoms with Crippen molar-refractivity contribution in [2.24, 2.45) is 0 Å². The van der Waals surface area contributed by atoms with Gasteiger partial charge in [0.05, 0.1) is 0 Å². The molecule has 2 aromatic heterocycles. The third-order valence-electron chi connectivity index (χ3n) is 6.10. The highest BCUT2D eigenvalue weighted by Crippen LogP contribution is 2.57. The van der Waals surface area contributed by atoms with E-state index in [1.807, 2.05) is 22.7 Å². The van der Waals surface area contributed by atoms with Crippen LogP contribution in [-0.4, -0.2) is 8.07 Å². The Hall–Kier alpha value is -2.46. The van der Waals surface area contributed by atoms with Crippen LogP contribution in [0.15, 0.2) is 84.9 Å². The van der Waals surface area contributed by atoms with Crippen molar-refractivity contribution in [1.29, 1.82) is 0 Å². The molecular formula is C31H38S2Si. The predicted molar refractivity (Wildman–Crippen MR) is 162 cm³/mol. The Bertz CT molecular complexity index is 1200. The summed E-state index contributed by atoms with van der Waals surface area (Å²) in [5.41, 5.74) is 5.52. The molecule has 0 unspecified atom stereocenters. The highest BCUT2D eigenvalue weighted by molar-refractivity contribution is 7.23. The fourth-order valence-electron chi connectivity index (χ4n) is 4.79. The van der Waals surface area contributed by atoms with E-state index < -0.39 is 8.07 Å². The van der Waals surface area contributed by atoms with Gasteiger partial charge in [0.1, 0.15) is 8.07 Å². The molecule has 4 aromatic rings. The molecule has 0 spiro atoms. The number of thiophene rings is 2. The summed E-state index contributed by atoms with van der Waals surface area (Å²) in [6.07, 6.45) is 0. The standard InChI is InChI=1S/C28H26S2Si.3CH4/c1-19-15-17-23(29-19)27-25(21-11-7-5-8-12-21)26(22-13-9-6-10-14-22)28(31(27,3)4)24-18-16-20(2)30-24;;;/h5-18H,1-4H3;3*1H4. The first-order chi connectivity index (χ1) is 15.0. The van der Waals surface area contributed by atoms with E-state index in [1.54, 1.807) is 10.4 Å². The third-order valence-corrected chi connectivity index (χ3v) is 12.0. The maximum atomic E-state index is 2.54. The molecule has 0 amide bonds. The van der Waals surface area contributed by atoms with E-state index in [1.165, 1.54) is 41.8 Å². The SMILES string of the molecule is C.C.C.Cc1ccc(C2=C(c3ccccc3)C(c3ccccc3)=C(c3ccc(C)s3)[Si]2(C)C)s1. The molecule has 1 aliphatic rings. The van der Waals surface area contributed by atoms with Crippen LogP contribution in [0, 0.1) is 13.8 Å². The van der Waals surface area contributed by atoms with Crippen molar-refractivity contribution in [2.45, 2.75) is 49.2 Å². The average Bonchev–Trinajstić information content (AvgIpc) is 3.44. The summed E-state index contributed by atoms with van der Waals surface area (Å²) in [5, 5.41) is 3.16. The van der Waals surface area contributed by atoms with E-state index in [0.717, 1.165) is 0 Å². The van der Waals surface area contributed by atoms with Crippen molar-refractivity contribution in [3.05, 3.63) is 116 Å². The Kier molecular flexibility index (Phi) is 8.87. The zero-order chi connectivity index (χ0) is 21.6. The number of benzene rings is 2. The summed E-state index contributed by atoms with van der Waals surface area (Å²) in [6.45, 7) is 9.52. The molecule has 34 heavy (non-hydrogen) atoms. The van der Waals surface area contributed by atoms with Crippen molar-refractivity contribution >= 4 is 52.3 Å². The minimum Gasteiger partial charge on any atom is -0.141 e. The zero-order valence-electron chi connectivity index (χ0n) is 18.4. The number of hydrogen-bond donors (Lipinski definition) is 0. The highest BCUT2D eigenvalue weighted by Gasteiger charge is 2.44. The van der Waals surface area contributed by atoms with Gasteiger partial charge < -0.3 is 0 Å². The smallest absolute Gasteiger partial charge is 0.117 e. The number of rotatable bonds is 4. The van der Waals surface area contributed by atoms with Crippen LogP contribution in [-0.2, 0) is 0 Å². The van der Waals surface area contributed by atoms with Gasteiger partial charge in [-0.3, -0.25) is 0 Å². The van der Waals surface area contributed by atoms with E-state index in [2.05, 4.69) is 112 Å². The first-order valence-corrected chi connectivity index (χ1v) is 15.3. The second kappa shape index (κ2) is 10.9. The van der Waals surface area contributed by atoms with Crippen LogP contribution >= 0.6 is 22.7 Å². The van der Waals surface area contributed by atoms with Gasteiger partial charge >= 0.3 is 0 Å². The molecule has 0 fully saturated rings. The predicted octanol–water partition coefficient (Wildman–Crippen LogP) is 10.7. The second-order valence-corrected chi connectivity index (χ2v) is 15.5. The molecule has 0 saturated carbocycles. The lowest BCUT2D eigenvalue weighted by molar-refractivity contribution is 1.59. The summed E-state index contributed by atoms with van der Waals surface area (Å²) in [4.78, 5) is 5.62. The lowest BCUT2D eigenvalue weighted by Crippen LogP contribution is -2.27. The fraction of sp³-hybridized carbons (Fsp3) is 0.226. The summed E-state index contributed by atoms with van der Waals surface area (Å²) in [7, 11) is -1.97. The summed E-state index contributed by atoms with van der Waals surface area (Å²) < 4.78 is 0. The molecule has 1 aliphatic heterocycles. The van der Waals surface area contributed by atoms with Crippen LogP contribution in [0.25, 0.3) is 21.5 Å². The van der Waals surface area contributed by atoms with Crippen molar-refractivity contribution in [3.8, 4) is 0 Å². The number of aryl methyl sites for hydroxylation is 2. The van der Waals surface area contributed by atoms with Crippen molar-refractivity contribution in [3.63, 3.8) is 0 Å². The first-order valence-electron chi connectivity index (χ1n) is 10.7. The van der Waals surface area contributed by atoms with Crippen LogP contribution < -0.4 is 0 Å². The van der Waals surface area contributed by atoms with Gasteiger partial charge in [0.15, 0.2) is 0 Å². The summed E-state index contributed by atoms with van der Waals surface area (Å²) in [5.74, 6) is 0. The molecule has 0 bridgehead atoms. The third kappa shape index (κ3) is 4.70. The molecule has 0 atom stereocenters. The van der Waals surface area contributed by atoms with Crippen LogP contribution in [0.2, 0.25) is 13.1 Å². The zero-order valence-corrected chi connectivity index (χ0v) is 21.0. The maximum absolute atomic E-state index is 2.54. The van der Waals surface area contributed by atoms with Gasteiger partial charge in [0.2, 0.25) is 0 Å². The van der Waals surface area contributed by atoms with Gasteiger partial charge in [-0.15, -0.1) is 22.7 Å². The number of allylic oxidation sites excluding steroid dienone is 2. The Morgan fingerprint density at radius 1 is 0.500 bits per heavy atom. The molecule has 0 saturated heterocycles. The number of hydrogen-bond acceptors (Lipinski definition) is 2. The van der Waals surface area contributed by atoms with Crippen molar-refractivity contribution < 1.29 is 0 Å². The fourth-order valence-corrected chi connectivity index (χ4v) is 11.7. The van der Waals surface area contributed by atoms with Gasteiger partial charge in [-0.2, -0.15) is 0 Å². The molecule has 178 valence electrons. The Labute approximate surface area is 216 Å². The maximum Gasteiger partial charge on any atom is 0.117 e. The average molecular weight is 503 g/mol. The lowest BCUT2D eigenvalue weighted by atomic mass is 9.91. The van der Waals surface area contributed by atoms with Gasteiger partial charge in [0, 0.05) is 19.5 Å². The molecule has 5 rings (SSSR count). The molecule has 3 heterocycles. The Morgan fingerprint density at radius 3 is 1.15 bits per heavy atom. The minimum absolute atomic E-state index is 0. The Morgan fingerprint density at radius 2 is 0.853 bits per heavy atom. The first kappa shape index (κ1) is 27.8. The molecule has 2 aromatic carbocycles. The molecule has 0 aliphatic carbocycles. The normalized spacial score (nSPS) is 14.4. The molecular weight excluding hydrogens is 465 g/mol. The molecule has 0 nitrogen and oxygen atoms in total. The van der Waals surface area contributed by atoms with Crippen molar-refractivity contribution in [2.75, 3.05) is 0 Å².